The lowest BCUT2D eigenvalue weighted by atomic mass is 10.1. The second-order valence-corrected chi connectivity index (χ2v) is 5.25. The molecule has 2 aromatic rings. The smallest absolute Gasteiger partial charge is 0.291 e. The zero-order chi connectivity index (χ0) is 14.8. The maximum absolute atomic E-state index is 12.1. The minimum absolute atomic E-state index is 0.173. The van der Waals surface area contributed by atoms with Crippen LogP contribution in [0.3, 0.4) is 0 Å². The van der Waals surface area contributed by atoms with Crippen LogP contribution in [-0.4, -0.2) is 21.1 Å². The van der Waals surface area contributed by atoms with Crippen molar-refractivity contribution < 1.29 is 4.79 Å². The summed E-state index contributed by atoms with van der Waals surface area (Å²) < 4.78 is 0. The van der Waals surface area contributed by atoms with E-state index < -0.39 is 0 Å². The van der Waals surface area contributed by atoms with Gasteiger partial charge in [0.2, 0.25) is 5.82 Å². The summed E-state index contributed by atoms with van der Waals surface area (Å²) in [7, 11) is 0. The topological polar surface area (TPSA) is 94.5 Å². The maximum atomic E-state index is 12.1. The fourth-order valence-electron chi connectivity index (χ4n) is 2.11. The van der Waals surface area contributed by atoms with Crippen LogP contribution >= 0.6 is 0 Å². The number of aromatic amines is 1. The number of H-pyrrole nitrogens is 1. The molecule has 0 aliphatic heterocycles. The first-order chi connectivity index (χ1) is 10.2. The van der Waals surface area contributed by atoms with Gasteiger partial charge in [0.1, 0.15) is 5.82 Å². The second kappa shape index (κ2) is 5.37. The Labute approximate surface area is 122 Å². The first-order valence-corrected chi connectivity index (χ1v) is 6.90. The second-order valence-electron chi connectivity index (χ2n) is 5.25. The summed E-state index contributed by atoms with van der Waals surface area (Å²) in [6.45, 7) is 1.88. The summed E-state index contributed by atoms with van der Waals surface area (Å²) >= 11 is 0. The molecule has 106 valence electrons. The average Bonchev–Trinajstić information content (AvgIpc) is 3.24. The SMILES string of the molecule is CC(NC(=O)c1n[nH]c(C2CC2)n1)c1ccc(C#N)cc1. The van der Waals surface area contributed by atoms with Gasteiger partial charge in [-0.1, -0.05) is 12.1 Å². The van der Waals surface area contributed by atoms with Gasteiger partial charge in [-0.3, -0.25) is 9.89 Å². The molecule has 6 nitrogen and oxygen atoms in total. The van der Waals surface area contributed by atoms with E-state index in [1.54, 1.807) is 12.1 Å². The molecule has 1 fully saturated rings. The lowest BCUT2D eigenvalue weighted by Gasteiger charge is -2.12. The third-order valence-corrected chi connectivity index (χ3v) is 3.56. The van der Waals surface area contributed by atoms with E-state index in [1.165, 1.54) is 0 Å². The molecule has 1 aliphatic carbocycles. The van der Waals surface area contributed by atoms with Gasteiger partial charge in [0.25, 0.3) is 5.91 Å². The molecule has 1 aliphatic rings. The van der Waals surface area contributed by atoms with Gasteiger partial charge in [-0.2, -0.15) is 5.26 Å². The molecule has 6 heteroatoms. The molecule has 1 atom stereocenters. The van der Waals surface area contributed by atoms with Crippen LogP contribution in [0.1, 0.15) is 59.3 Å². The number of nitrogens with zero attached hydrogens (tertiary/aromatic N) is 3. The molecule has 1 amide bonds. The summed E-state index contributed by atoms with van der Waals surface area (Å²) in [5.41, 5.74) is 1.53. The summed E-state index contributed by atoms with van der Waals surface area (Å²) in [5.74, 6) is 1.12. The molecular formula is C15H15N5O. The van der Waals surface area contributed by atoms with Crippen molar-refractivity contribution in [2.45, 2.75) is 31.7 Å². The van der Waals surface area contributed by atoms with Crippen molar-refractivity contribution in [1.82, 2.24) is 20.5 Å². The minimum atomic E-state index is -0.296. The van der Waals surface area contributed by atoms with Crippen LogP contribution in [0.2, 0.25) is 0 Å². The highest BCUT2D eigenvalue weighted by molar-refractivity contribution is 5.90. The number of carbonyl (C=O) groups is 1. The number of nitriles is 1. The predicted octanol–water partition coefficient (Wildman–Crippen LogP) is 2.04. The van der Waals surface area contributed by atoms with Crippen molar-refractivity contribution in [3.8, 4) is 6.07 Å². The van der Waals surface area contributed by atoms with Crippen molar-refractivity contribution in [2.75, 3.05) is 0 Å². The standard InChI is InChI=1S/C15H15N5O/c1-9(11-4-2-10(8-16)3-5-11)17-15(21)14-18-13(19-20-14)12-6-7-12/h2-5,9,12H,6-7H2,1H3,(H,17,21)(H,18,19,20). The molecule has 0 radical (unpaired) electrons. The van der Waals surface area contributed by atoms with Crippen LogP contribution in [-0.2, 0) is 0 Å². The van der Waals surface area contributed by atoms with Crippen LogP contribution in [0.5, 0.6) is 0 Å². The lowest BCUT2D eigenvalue weighted by molar-refractivity contribution is 0.0929. The molecule has 0 spiro atoms. The third kappa shape index (κ3) is 2.92. The number of benzene rings is 1. The van der Waals surface area contributed by atoms with Gasteiger partial charge < -0.3 is 5.32 Å². The largest absolute Gasteiger partial charge is 0.343 e. The van der Waals surface area contributed by atoms with Gasteiger partial charge >= 0.3 is 0 Å². The summed E-state index contributed by atoms with van der Waals surface area (Å²) in [4.78, 5) is 16.3. The normalized spacial score (nSPS) is 15.2. The number of carbonyl (C=O) groups excluding carboxylic acids is 1. The van der Waals surface area contributed by atoms with E-state index in [0.29, 0.717) is 11.5 Å². The van der Waals surface area contributed by atoms with Crippen LogP contribution in [0, 0.1) is 11.3 Å². The fraction of sp³-hybridized carbons (Fsp3) is 0.333. The van der Waals surface area contributed by atoms with E-state index in [0.717, 1.165) is 24.2 Å². The van der Waals surface area contributed by atoms with Crippen molar-refractivity contribution in [3.63, 3.8) is 0 Å². The number of hydrogen-bond acceptors (Lipinski definition) is 4. The quantitative estimate of drug-likeness (QED) is 0.896. The summed E-state index contributed by atoms with van der Waals surface area (Å²) in [6, 6.07) is 9.02. The number of rotatable bonds is 4. The van der Waals surface area contributed by atoms with E-state index in [2.05, 4.69) is 26.6 Å². The Bertz CT molecular complexity index is 694. The van der Waals surface area contributed by atoms with Crippen molar-refractivity contribution in [2.24, 2.45) is 0 Å². The monoisotopic (exact) mass is 281 g/mol. The van der Waals surface area contributed by atoms with E-state index >= 15 is 0 Å². The molecular weight excluding hydrogens is 266 g/mol. The summed E-state index contributed by atoms with van der Waals surface area (Å²) in [6.07, 6.45) is 2.22. The van der Waals surface area contributed by atoms with Crippen LogP contribution in [0.4, 0.5) is 0 Å². The molecule has 21 heavy (non-hydrogen) atoms. The van der Waals surface area contributed by atoms with Gasteiger partial charge in [-0.15, -0.1) is 5.10 Å². The van der Waals surface area contributed by atoms with Crippen LogP contribution < -0.4 is 5.32 Å². The van der Waals surface area contributed by atoms with Crippen molar-refractivity contribution >= 4 is 5.91 Å². The molecule has 2 N–H and O–H groups in total. The van der Waals surface area contributed by atoms with Gasteiger partial charge in [0.15, 0.2) is 0 Å². The molecule has 1 heterocycles. The third-order valence-electron chi connectivity index (χ3n) is 3.56. The van der Waals surface area contributed by atoms with Gasteiger partial charge in [-0.25, -0.2) is 4.98 Å². The maximum Gasteiger partial charge on any atom is 0.291 e. The van der Waals surface area contributed by atoms with Gasteiger partial charge in [0.05, 0.1) is 17.7 Å². The fourth-order valence-corrected chi connectivity index (χ4v) is 2.11. The Morgan fingerprint density at radius 3 is 2.76 bits per heavy atom. The highest BCUT2D eigenvalue weighted by Crippen LogP contribution is 2.37. The Morgan fingerprint density at radius 2 is 2.14 bits per heavy atom. The first-order valence-electron chi connectivity index (χ1n) is 6.90. The number of amides is 1. The van der Waals surface area contributed by atoms with E-state index in [9.17, 15) is 4.79 Å². The number of aromatic nitrogens is 3. The zero-order valence-electron chi connectivity index (χ0n) is 11.6. The van der Waals surface area contributed by atoms with E-state index in [4.69, 9.17) is 5.26 Å². The molecule has 3 rings (SSSR count). The highest BCUT2D eigenvalue weighted by Gasteiger charge is 2.28. The average molecular weight is 281 g/mol. The van der Waals surface area contributed by atoms with Crippen molar-refractivity contribution in [1.29, 1.82) is 5.26 Å². The zero-order valence-corrected chi connectivity index (χ0v) is 11.6. The highest BCUT2D eigenvalue weighted by atomic mass is 16.2. The Morgan fingerprint density at radius 1 is 1.43 bits per heavy atom. The predicted molar refractivity (Wildman–Crippen MR) is 75.4 cm³/mol. The van der Waals surface area contributed by atoms with Gasteiger partial charge in [-0.05, 0) is 37.5 Å². The summed E-state index contributed by atoms with van der Waals surface area (Å²) in [5, 5.41) is 18.4. The Hall–Kier alpha value is -2.68. The Kier molecular flexibility index (Phi) is 3.40. The molecule has 0 bridgehead atoms. The molecule has 1 aromatic heterocycles. The van der Waals surface area contributed by atoms with Crippen LogP contribution in [0.25, 0.3) is 0 Å². The molecule has 1 unspecified atom stereocenters. The van der Waals surface area contributed by atoms with Crippen LogP contribution in [0.15, 0.2) is 24.3 Å². The Balaban J connectivity index is 1.66. The first kappa shape index (κ1) is 13.3. The van der Waals surface area contributed by atoms with E-state index in [1.807, 2.05) is 19.1 Å². The molecule has 0 saturated heterocycles. The van der Waals surface area contributed by atoms with Gasteiger partial charge in [0, 0.05) is 5.92 Å². The number of nitrogens with one attached hydrogen (secondary N) is 2. The molecule has 1 saturated carbocycles. The number of hydrogen-bond donors (Lipinski definition) is 2. The minimum Gasteiger partial charge on any atom is -0.343 e. The van der Waals surface area contributed by atoms with Crippen molar-refractivity contribution in [3.05, 3.63) is 47.0 Å². The van der Waals surface area contributed by atoms with E-state index in [-0.39, 0.29) is 17.8 Å². The lowest BCUT2D eigenvalue weighted by Crippen LogP contribution is -2.27. The molecule has 1 aromatic carbocycles.